The first-order valence-electron chi connectivity index (χ1n) is 6.44. The number of benzene rings is 1. The summed E-state index contributed by atoms with van der Waals surface area (Å²) in [5.74, 6) is 1.13. The zero-order chi connectivity index (χ0) is 14.8. The van der Waals surface area contributed by atoms with Crippen LogP contribution in [0.3, 0.4) is 0 Å². The van der Waals surface area contributed by atoms with Crippen molar-refractivity contribution in [1.29, 1.82) is 0 Å². The maximum absolute atomic E-state index is 12.2. The molecular weight excluding hydrogens is 268 g/mol. The Hall–Kier alpha value is -2.89. The highest BCUT2D eigenvalue weighted by Crippen LogP contribution is 2.15. The monoisotopic (exact) mass is 282 g/mol. The second-order valence-corrected chi connectivity index (χ2v) is 4.57. The molecule has 1 aromatic carbocycles. The molecule has 0 spiro atoms. The lowest BCUT2D eigenvalue weighted by Gasteiger charge is -2.06. The van der Waals surface area contributed by atoms with Gasteiger partial charge in [-0.2, -0.15) is 5.10 Å². The van der Waals surface area contributed by atoms with Crippen LogP contribution < -0.4 is 10.1 Å². The summed E-state index contributed by atoms with van der Waals surface area (Å²) in [5, 5.41) is 7.04. The Bertz CT molecular complexity index is 810. The number of pyridine rings is 1. The van der Waals surface area contributed by atoms with E-state index in [0.29, 0.717) is 22.8 Å². The fraction of sp³-hybridized carbons (Fsp3) is 0.133. The lowest BCUT2D eigenvalue weighted by atomic mass is 10.2. The number of methoxy groups -OCH3 is 1. The Morgan fingerprint density at radius 1 is 1.29 bits per heavy atom. The molecule has 106 valence electrons. The molecule has 1 N–H and O–H groups in total. The van der Waals surface area contributed by atoms with Gasteiger partial charge in [-0.25, -0.2) is 9.50 Å². The zero-order valence-corrected chi connectivity index (χ0v) is 11.7. The summed E-state index contributed by atoms with van der Waals surface area (Å²) < 4.78 is 6.75. The van der Waals surface area contributed by atoms with E-state index in [1.54, 1.807) is 54.2 Å². The summed E-state index contributed by atoms with van der Waals surface area (Å²) in [5.41, 5.74) is 1.93. The van der Waals surface area contributed by atoms with Crippen LogP contribution in [0.1, 0.15) is 16.2 Å². The standard InChI is InChI=1S/C15H14N4O2/c1-10-16-14-7-6-12(9-19(14)18-10)17-15(20)11-4-3-5-13(8-11)21-2/h3-9H,1-2H3,(H,17,20). The number of nitrogens with zero attached hydrogens (tertiary/aromatic N) is 3. The molecule has 0 unspecified atom stereocenters. The summed E-state index contributed by atoms with van der Waals surface area (Å²) in [6.07, 6.45) is 1.73. The molecule has 21 heavy (non-hydrogen) atoms. The van der Waals surface area contributed by atoms with Gasteiger partial charge in [0.15, 0.2) is 5.65 Å². The van der Waals surface area contributed by atoms with Crippen LogP contribution in [0, 0.1) is 6.92 Å². The van der Waals surface area contributed by atoms with Gasteiger partial charge in [-0.05, 0) is 37.3 Å². The quantitative estimate of drug-likeness (QED) is 0.800. The minimum absolute atomic E-state index is 0.204. The van der Waals surface area contributed by atoms with E-state index in [4.69, 9.17) is 4.74 Å². The molecule has 0 aliphatic carbocycles. The number of carbonyl (C=O) groups is 1. The van der Waals surface area contributed by atoms with Crippen molar-refractivity contribution in [3.8, 4) is 5.75 Å². The van der Waals surface area contributed by atoms with Gasteiger partial charge >= 0.3 is 0 Å². The van der Waals surface area contributed by atoms with Crippen LogP contribution in [-0.2, 0) is 0 Å². The lowest BCUT2D eigenvalue weighted by Crippen LogP contribution is -2.12. The normalized spacial score (nSPS) is 10.6. The number of hydrogen-bond acceptors (Lipinski definition) is 4. The van der Waals surface area contributed by atoms with E-state index in [9.17, 15) is 4.79 Å². The molecule has 0 saturated heterocycles. The maximum Gasteiger partial charge on any atom is 0.255 e. The van der Waals surface area contributed by atoms with E-state index in [0.717, 1.165) is 5.65 Å². The van der Waals surface area contributed by atoms with Gasteiger partial charge in [0.25, 0.3) is 5.91 Å². The molecule has 6 nitrogen and oxygen atoms in total. The lowest BCUT2D eigenvalue weighted by molar-refractivity contribution is 0.102. The summed E-state index contributed by atoms with van der Waals surface area (Å²) >= 11 is 0. The van der Waals surface area contributed by atoms with Crippen LogP contribution in [0.15, 0.2) is 42.6 Å². The van der Waals surface area contributed by atoms with Crippen molar-refractivity contribution >= 4 is 17.2 Å². The number of carbonyl (C=O) groups excluding carboxylic acids is 1. The van der Waals surface area contributed by atoms with Crippen molar-refractivity contribution in [2.45, 2.75) is 6.92 Å². The van der Waals surface area contributed by atoms with Crippen molar-refractivity contribution in [1.82, 2.24) is 14.6 Å². The summed E-state index contributed by atoms with van der Waals surface area (Å²) in [6, 6.07) is 10.6. The summed E-state index contributed by atoms with van der Waals surface area (Å²) in [4.78, 5) is 16.4. The summed E-state index contributed by atoms with van der Waals surface area (Å²) in [6.45, 7) is 1.82. The second kappa shape index (κ2) is 5.24. The molecule has 3 aromatic rings. The van der Waals surface area contributed by atoms with E-state index in [1.807, 2.05) is 6.92 Å². The number of rotatable bonds is 3. The average molecular weight is 282 g/mol. The number of fused-ring (bicyclic) bond motifs is 1. The average Bonchev–Trinajstić information content (AvgIpc) is 2.86. The van der Waals surface area contributed by atoms with Crippen molar-refractivity contribution in [2.24, 2.45) is 0 Å². The predicted molar refractivity (Wildman–Crippen MR) is 78.7 cm³/mol. The number of aryl methyl sites for hydroxylation is 1. The fourth-order valence-corrected chi connectivity index (χ4v) is 2.04. The number of aromatic nitrogens is 3. The van der Waals surface area contributed by atoms with E-state index in [2.05, 4.69) is 15.4 Å². The van der Waals surface area contributed by atoms with Crippen molar-refractivity contribution < 1.29 is 9.53 Å². The first kappa shape index (κ1) is 13.1. The minimum atomic E-state index is -0.204. The summed E-state index contributed by atoms with van der Waals surface area (Å²) in [7, 11) is 1.57. The van der Waals surface area contributed by atoms with Gasteiger partial charge in [-0.1, -0.05) is 6.07 Å². The zero-order valence-electron chi connectivity index (χ0n) is 11.7. The smallest absolute Gasteiger partial charge is 0.255 e. The highest BCUT2D eigenvalue weighted by molar-refractivity contribution is 6.04. The van der Waals surface area contributed by atoms with Crippen LogP contribution in [-0.4, -0.2) is 27.6 Å². The number of hydrogen-bond donors (Lipinski definition) is 1. The molecule has 0 atom stereocenters. The first-order valence-corrected chi connectivity index (χ1v) is 6.44. The minimum Gasteiger partial charge on any atom is -0.497 e. The van der Waals surface area contributed by atoms with Crippen molar-refractivity contribution in [3.05, 3.63) is 54.0 Å². The number of ether oxygens (including phenoxy) is 1. The molecular formula is C15H14N4O2. The first-order chi connectivity index (χ1) is 10.2. The second-order valence-electron chi connectivity index (χ2n) is 4.57. The third kappa shape index (κ3) is 2.69. The Labute approximate surface area is 121 Å². The molecule has 2 heterocycles. The molecule has 6 heteroatoms. The van der Waals surface area contributed by atoms with E-state index < -0.39 is 0 Å². The molecule has 0 radical (unpaired) electrons. The Morgan fingerprint density at radius 3 is 2.95 bits per heavy atom. The van der Waals surface area contributed by atoms with Gasteiger partial charge in [0.2, 0.25) is 0 Å². The fourth-order valence-electron chi connectivity index (χ4n) is 2.04. The van der Waals surface area contributed by atoms with Gasteiger partial charge in [0.05, 0.1) is 19.0 Å². The van der Waals surface area contributed by atoms with Gasteiger partial charge in [-0.15, -0.1) is 0 Å². The van der Waals surface area contributed by atoms with Crippen molar-refractivity contribution in [3.63, 3.8) is 0 Å². The van der Waals surface area contributed by atoms with Crippen LogP contribution in [0.4, 0.5) is 5.69 Å². The van der Waals surface area contributed by atoms with Crippen LogP contribution in [0.2, 0.25) is 0 Å². The Morgan fingerprint density at radius 2 is 2.14 bits per heavy atom. The Balaban J connectivity index is 1.84. The molecule has 1 amide bonds. The van der Waals surface area contributed by atoms with E-state index >= 15 is 0 Å². The maximum atomic E-state index is 12.2. The third-order valence-corrected chi connectivity index (χ3v) is 3.03. The molecule has 0 saturated carbocycles. The predicted octanol–water partition coefficient (Wildman–Crippen LogP) is 2.30. The molecule has 0 aliphatic rings. The van der Waals surface area contributed by atoms with Crippen LogP contribution in [0.25, 0.3) is 5.65 Å². The van der Waals surface area contributed by atoms with Crippen LogP contribution in [0.5, 0.6) is 5.75 Å². The molecule has 0 bridgehead atoms. The molecule has 3 rings (SSSR count). The topological polar surface area (TPSA) is 68.5 Å². The molecule has 2 aromatic heterocycles. The molecule has 0 aliphatic heterocycles. The van der Waals surface area contributed by atoms with Gasteiger partial charge < -0.3 is 10.1 Å². The SMILES string of the molecule is COc1cccc(C(=O)Nc2ccc3nc(C)nn3c2)c1. The van der Waals surface area contributed by atoms with Crippen molar-refractivity contribution in [2.75, 3.05) is 12.4 Å². The highest BCUT2D eigenvalue weighted by atomic mass is 16.5. The van der Waals surface area contributed by atoms with E-state index in [-0.39, 0.29) is 5.91 Å². The van der Waals surface area contributed by atoms with Gasteiger partial charge in [0.1, 0.15) is 11.6 Å². The van der Waals surface area contributed by atoms with E-state index in [1.165, 1.54) is 0 Å². The largest absolute Gasteiger partial charge is 0.497 e. The third-order valence-electron chi connectivity index (χ3n) is 3.03. The molecule has 0 fully saturated rings. The highest BCUT2D eigenvalue weighted by Gasteiger charge is 2.08. The Kier molecular flexibility index (Phi) is 3.27. The number of anilines is 1. The van der Waals surface area contributed by atoms with Crippen LogP contribution >= 0.6 is 0 Å². The number of nitrogens with one attached hydrogen (secondary N) is 1. The number of amides is 1. The van der Waals surface area contributed by atoms with Gasteiger partial charge in [-0.3, -0.25) is 4.79 Å². The van der Waals surface area contributed by atoms with Gasteiger partial charge in [0, 0.05) is 5.56 Å².